The zero-order valence-corrected chi connectivity index (χ0v) is 21.7. The molecule has 1 aromatic rings. The number of likely N-dealkylation sites (tertiary alicyclic amines) is 2. The molecule has 3 N–H and O–H groups in total. The largest absolute Gasteiger partial charge is 0.475 e. The SMILES string of the molecule is CC(C)(C=C(C#N)C(=O)N1CCCC[C@@H]1COC(=O)NC(Cc1ccccc1)B(O)O)N1C[C@@H](F)[C@@H](F)C1. The van der Waals surface area contributed by atoms with Gasteiger partial charge in [0.15, 0.2) is 0 Å². The second-order valence-electron chi connectivity index (χ2n) is 10.4. The number of hydrogen-bond acceptors (Lipinski definition) is 7. The van der Waals surface area contributed by atoms with Crippen molar-refractivity contribution in [2.24, 2.45) is 0 Å². The third-order valence-electron chi connectivity index (χ3n) is 7.10. The molecule has 0 bridgehead atoms. The van der Waals surface area contributed by atoms with Crippen molar-refractivity contribution >= 4 is 19.1 Å². The van der Waals surface area contributed by atoms with Crippen molar-refractivity contribution in [1.29, 1.82) is 5.26 Å². The smallest absolute Gasteiger partial charge is 0.447 e. The molecule has 12 heteroatoms. The molecule has 1 aromatic carbocycles. The summed E-state index contributed by atoms with van der Waals surface area (Å²) in [6, 6.07) is 10.5. The van der Waals surface area contributed by atoms with Gasteiger partial charge in [0.25, 0.3) is 5.91 Å². The fourth-order valence-electron chi connectivity index (χ4n) is 4.84. The van der Waals surface area contributed by atoms with Crippen molar-refractivity contribution in [1.82, 2.24) is 15.1 Å². The summed E-state index contributed by atoms with van der Waals surface area (Å²) in [5.74, 6) is -1.53. The first-order valence-corrected chi connectivity index (χ1v) is 12.8. The topological polar surface area (TPSA) is 126 Å². The molecule has 2 aliphatic rings. The molecule has 2 heterocycles. The minimum absolute atomic E-state index is 0.124. The van der Waals surface area contributed by atoms with Crippen LogP contribution in [0.15, 0.2) is 42.0 Å². The normalized spacial score (nSPS) is 23.4. The van der Waals surface area contributed by atoms with E-state index < -0.39 is 49.0 Å². The average molecular weight is 532 g/mol. The van der Waals surface area contributed by atoms with E-state index in [9.17, 15) is 33.7 Å². The van der Waals surface area contributed by atoms with E-state index in [2.05, 4.69) is 5.32 Å². The summed E-state index contributed by atoms with van der Waals surface area (Å²) in [6.45, 7) is 3.37. The number of alkyl halides is 2. The van der Waals surface area contributed by atoms with E-state index in [1.54, 1.807) is 43.0 Å². The van der Waals surface area contributed by atoms with Gasteiger partial charge in [-0.2, -0.15) is 5.26 Å². The van der Waals surface area contributed by atoms with Crippen LogP contribution in [0.25, 0.3) is 0 Å². The van der Waals surface area contributed by atoms with Gasteiger partial charge in [0, 0.05) is 25.2 Å². The second kappa shape index (κ2) is 13.2. The van der Waals surface area contributed by atoms with Crippen LogP contribution in [-0.4, -0.2) is 95.1 Å². The first-order chi connectivity index (χ1) is 18.0. The van der Waals surface area contributed by atoms with Crippen LogP contribution < -0.4 is 5.32 Å². The minimum atomic E-state index is -1.81. The number of hydrogen-bond donors (Lipinski definition) is 3. The Bertz CT molecular complexity index is 1030. The van der Waals surface area contributed by atoms with Crippen LogP contribution in [0, 0.1) is 11.3 Å². The Morgan fingerprint density at radius 2 is 1.89 bits per heavy atom. The highest BCUT2D eigenvalue weighted by Crippen LogP contribution is 2.28. The van der Waals surface area contributed by atoms with Gasteiger partial charge >= 0.3 is 13.2 Å². The summed E-state index contributed by atoms with van der Waals surface area (Å²) >= 11 is 0. The van der Waals surface area contributed by atoms with E-state index in [1.807, 2.05) is 12.1 Å². The molecule has 0 aliphatic carbocycles. The van der Waals surface area contributed by atoms with Gasteiger partial charge in [-0.15, -0.1) is 0 Å². The number of nitrogens with zero attached hydrogens (tertiary/aromatic N) is 3. The number of amides is 2. The molecule has 0 radical (unpaired) electrons. The van der Waals surface area contributed by atoms with E-state index in [0.29, 0.717) is 19.4 Å². The monoisotopic (exact) mass is 532 g/mol. The first-order valence-electron chi connectivity index (χ1n) is 12.8. The minimum Gasteiger partial charge on any atom is -0.447 e. The summed E-state index contributed by atoms with van der Waals surface area (Å²) in [6.07, 6.45) is -0.401. The molecule has 2 aliphatic heterocycles. The first kappa shape index (κ1) is 29.5. The van der Waals surface area contributed by atoms with E-state index >= 15 is 0 Å². The van der Waals surface area contributed by atoms with Crippen LogP contribution in [0.2, 0.25) is 0 Å². The van der Waals surface area contributed by atoms with Crippen LogP contribution in [0.4, 0.5) is 13.6 Å². The third kappa shape index (κ3) is 7.76. The predicted octanol–water partition coefficient (Wildman–Crippen LogP) is 1.94. The Balaban J connectivity index is 1.63. The average Bonchev–Trinajstić information content (AvgIpc) is 3.25. The molecule has 2 saturated heterocycles. The number of halogens is 2. The number of carbonyl (C=O) groups excluding carboxylic acids is 2. The quantitative estimate of drug-likeness (QED) is 0.252. The van der Waals surface area contributed by atoms with E-state index in [4.69, 9.17) is 4.74 Å². The maximum atomic E-state index is 13.7. The van der Waals surface area contributed by atoms with Gasteiger partial charge in [-0.25, -0.2) is 13.6 Å². The zero-order chi connectivity index (χ0) is 27.9. The van der Waals surface area contributed by atoms with E-state index in [1.165, 1.54) is 11.0 Å². The molecule has 9 nitrogen and oxygen atoms in total. The number of carbonyl (C=O) groups is 2. The van der Waals surface area contributed by atoms with Crippen LogP contribution in [0.3, 0.4) is 0 Å². The summed E-state index contributed by atoms with van der Waals surface area (Å²) in [5.41, 5.74) is -0.269. The van der Waals surface area contributed by atoms with Crippen LogP contribution >= 0.6 is 0 Å². The van der Waals surface area contributed by atoms with E-state index in [0.717, 1.165) is 12.0 Å². The molecule has 206 valence electrons. The Morgan fingerprint density at radius 1 is 1.24 bits per heavy atom. The van der Waals surface area contributed by atoms with Gasteiger partial charge in [0.05, 0.1) is 12.0 Å². The summed E-state index contributed by atoms with van der Waals surface area (Å²) in [5, 5.41) is 31.6. The number of rotatable bonds is 9. The number of benzene rings is 1. The van der Waals surface area contributed by atoms with Crippen molar-refractivity contribution in [3.8, 4) is 6.07 Å². The molecule has 0 saturated carbocycles. The van der Waals surface area contributed by atoms with Gasteiger partial charge in [0.2, 0.25) is 0 Å². The van der Waals surface area contributed by atoms with Crippen molar-refractivity contribution in [2.75, 3.05) is 26.2 Å². The van der Waals surface area contributed by atoms with Crippen molar-refractivity contribution in [3.05, 3.63) is 47.5 Å². The Labute approximate surface area is 222 Å². The number of nitriles is 1. The van der Waals surface area contributed by atoms with Crippen molar-refractivity contribution < 1.29 is 33.2 Å². The fraction of sp³-hybridized carbons (Fsp3) is 0.577. The zero-order valence-electron chi connectivity index (χ0n) is 21.7. The molecule has 0 spiro atoms. The predicted molar refractivity (Wildman–Crippen MR) is 137 cm³/mol. The molecule has 2 fully saturated rings. The lowest BCUT2D eigenvalue weighted by Gasteiger charge is -2.36. The number of piperidine rings is 1. The highest BCUT2D eigenvalue weighted by molar-refractivity contribution is 6.43. The fourth-order valence-corrected chi connectivity index (χ4v) is 4.84. The van der Waals surface area contributed by atoms with E-state index in [-0.39, 0.29) is 31.7 Å². The lowest BCUT2D eigenvalue weighted by molar-refractivity contribution is -0.131. The third-order valence-corrected chi connectivity index (χ3v) is 7.10. The highest BCUT2D eigenvalue weighted by atomic mass is 19.2. The molecule has 1 unspecified atom stereocenters. The molecule has 38 heavy (non-hydrogen) atoms. The van der Waals surface area contributed by atoms with Crippen LogP contribution in [-0.2, 0) is 16.0 Å². The molecular formula is C26H35BF2N4O5. The van der Waals surface area contributed by atoms with Crippen LogP contribution in [0.5, 0.6) is 0 Å². The van der Waals surface area contributed by atoms with Crippen molar-refractivity contribution in [2.45, 2.75) is 69.4 Å². The van der Waals surface area contributed by atoms with Gasteiger partial charge in [-0.1, -0.05) is 30.3 Å². The number of nitrogens with one attached hydrogen (secondary N) is 1. The summed E-state index contributed by atoms with van der Waals surface area (Å²) in [7, 11) is -1.81. The van der Waals surface area contributed by atoms with Crippen molar-refractivity contribution in [3.63, 3.8) is 0 Å². The summed E-state index contributed by atoms with van der Waals surface area (Å²) in [4.78, 5) is 28.8. The molecule has 2 amide bonds. The second-order valence-corrected chi connectivity index (χ2v) is 10.4. The van der Waals surface area contributed by atoms with Gasteiger partial charge in [0.1, 0.15) is 30.6 Å². The molecule has 4 atom stereocenters. The highest BCUT2D eigenvalue weighted by Gasteiger charge is 2.40. The Hall–Kier alpha value is -3.01. The number of alkyl carbamates (subject to hydrolysis) is 1. The molecular weight excluding hydrogens is 497 g/mol. The Morgan fingerprint density at radius 3 is 2.50 bits per heavy atom. The summed E-state index contributed by atoms with van der Waals surface area (Å²) < 4.78 is 32.8. The van der Waals surface area contributed by atoms with Gasteiger partial charge in [-0.3, -0.25) is 9.69 Å². The molecule has 3 rings (SSSR count). The van der Waals surface area contributed by atoms with Crippen LogP contribution in [0.1, 0.15) is 38.7 Å². The Kier molecular flexibility index (Phi) is 10.2. The lowest BCUT2D eigenvalue weighted by atomic mass is 9.76. The lowest BCUT2D eigenvalue weighted by Crippen LogP contribution is -2.50. The maximum Gasteiger partial charge on any atom is 0.475 e. The van der Waals surface area contributed by atoms with Gasteiger partial charge in [-0.05, 0) is 51.2 Å². The standard InChI is InChI=1S/C26H35BF2N4O5/c1-26(2,32-15-21(28)22(29)16-32)13-19(14-30)24(34)33-11-7-6-10-20(33)17-38-25(35)31-23(27(36)37)12-18-8-4-3-5-9-18/h3-5,8-9,13,20-23,36-37H,6-7,10-12,15-17H2,1-2H3,(H,31,35)/t20-,21-,22+,23?/m1/s1. The number of ether oxygens (including phenoxy) is 1. The molecule has 0 aromatic heterocycles. The maximum absolute atomic E-state index is 13.7. The van der Waals surface area contributed by atoms with Gasteiger partial charge < -0.3 is 25.0 Å².